The van der Waals surface area contributed by atoms with Gasteiger partial charge in [0.25, 0.3) is 5.91 Å². The zero-order chi connectivity index (χ0) is 31.5. The fourth-order valence-corrected chi connectivity index (χ4v) is 4.39. The number of methoxy groups -OCH3 is 1. The molecule has 0 aliphatic heterocycles. The number of amides is 3. The number of rotatable bonds is 13. The van der Waals surface area contributed by atoms with Gasteiger partial charge in [-0.1, -0.05) is 48.5 Å². The van der Waals surface area contributed by atoms with Crippen LogP contribution in [0.3, 0.4) is 0 Å². The summed E-state index contributed by atoms with van der Waals surface area (Å²) in [5.74, 6) is -0.745. The number of ether oxygens (including phenoxy) is 1. The van der Waals surface area contributed by atoms with E-state index in [9.17, 15) is 24.3 Å². The van der Waals surface area contributed by atoms with Crippen molar-refractivity contribution in [1.82, 2.24) is 10.3 Å². The Kier molecular flexibility index (Phi) is 10.6. The Morgan fingerprint density at radius 2 is 1.61 bits per heavy atom. The standard InChI is InChI=1S/C33H33N5O6/c1-21-8-6-7-11-26(21)37-33(43)38-27-14-12-22(17-29(27)44-2)16-25(39)20-35-30-15-13-24(19-34-30)28(18-31(40)41)36-32(42)23-9-4-3-5-10-23/h3-15,17,19,28H,16,18,20H2,1-2H3,(H,34,35)(H,36,42)(H,40,41)(H2,37,38,43). The Labute approximate surface area is 254 Å². The van der Waals surface area contributed by atoms with Gasteiger partial charge in [-0.3, -0.25) is 14.4 Å². The quantitative estimate of drug-likeness (QED) is 0.141. The molecule has 3 aromatic carbocycles. The van der Waals surface area contributed by atoms with Gasteiger partial charge >= 0.3 is 12.0 Å². The van der Waals surface area contributed by atoms with Gasteiger partial charge in [0.15, 0.2) is 5.78 Å². The summed E-state index contributed by atoms with van der Waals surface area (Å²) >= 11 is 0. The predicted molar refractivity (Wildman–Crippen MR) is 167 cm³/mol. The lowest BCUT2D eigenvalue weighted by atomic mass is 10.0. The summed E-state index contributed by atoms with van der Waals surface area (Å²) in [5, 5.41) is 20.6. The third-order valence-corrected chi connectivity index (χ3v) is 6.68. The zero-order valence-electron chi connectivity index (χ0n) is 24.3. The van der Waals surface area contributed by atoms with E-state index in [-0.39, 0.29) is 25.2 Å². The summed E-state index contributed by atoms with van der Waals surface area (Å²) in [6, 6.07) is 23.1. The number of nitrogens with zero attached hydrogens (tertiary/aromatic N) is 1. The minimum absolute atomic E-state index is 0.00318. The average molecular weight is 596 g/mol. The van der Waals surface area contributed by atoms with Crippen LogP contribution in [0.15, 0.2) is 91.1 Å². The van der Waals surface area contributed by atoms with Crippen molar-refractivity contribution in [2.24, 2.45) is 0 Å². The summed E-state index contributed by atoms with van der Waals surface area (Å²) in [4.78, 5) is 53.5. The number of nitrogens with one attached hydrogen (secondary N) is 4. The lowest BCUT2D eigenvalue weighted by Crippen LogP contribution is -2.30. The maximum atomic E-state index is 12.7. The van der Waals surface area contributed by atoms with Crippen LogP contribution in [0.4, 0.5) is 22.0 Å². The fraction of sp³-hybridized carbons (Fsp3) is 0.182. The van der Waals surface area contributed by atoms with Crippen LogP contribution in [0.2, 0.25) is 0 Å². The highest BCUT2D eigenvalue weighted by atomic mass is 16.5. The molecule has 0 fully saturated rings. The molecule has 1 unspecified atom stereocenters. The van der Waals surface area contributed by atoms with Crippen molar-refractivity contribution in [3.8, 4) is 5.75 Å². The van der Waals surface area contributed by atoms with Crippen molar-refractivity contribution in [3.63, 3.8) is 0 Å². The van der Waals surface area contributed by atoms with Gasteiger partial charge in [0, 0.05) is 23.9 Å². The van der Waals surface area contributed by atoms with Crippen molar-refractivity contribution < 1.29 is 29.0 Å². The van der Waals surface area contributed by atoms with Crippen molar-refractivity contribution in [1.29, 1.82) is 0 Å². The molecule has 4 aromatic rings. The summed E-state index contributed by atoms with van der Waals surface area (Å²) < 4.78 is 5.43. The van der Waals surface area contributed by atoms with E-state index in [0.29, 0.717) is 39.6 Å². The Morgan fingerprint density at radius 3 is 2.30 bits per heavy atom. The second-order valence-corrected chi connectivity index (χ2v) is 9.96. The first kappa shape index (κ1) is 31.2. The number of carbonyl (C=O) groups excluding carboxylic acids is 3. The number of carboxylic acids is 1. The number of hydrogen-bond donors (Lipinski definition) is 5. The maximum Gasteiger partial charge on any atom is 0.323 e. The SMILES string of the molecule is COc1cc(CC(=O)CNc2ccc(C(CC(=O)O)NC(=O)c3ccccc3)cn2)ccc1NC(=O)Nc1ccccc1C. The van der Waals surface area contributed by atoms with E-state index in [0.717, 1.165) is 5.56 Å². The van der Waals surface area contributed by atoms with E-state index in [1.54, 1.807) is 60.7 Å². The van der Waals surface area contributed by atoms with Crippen LogP contribution in [0.5, 0.6) is 5.75 Å². The lowest BCUT2D eigenvalue weighted by molar-refractivity contribution is -0.137. The van der Waals surface area contributed by atoms with Gasteiger partial charge in [-0.15, -0.1) is 0 Å². The van der Waals surface area contributed by atoms with Gasteiger partial charge in [-0.25, -0.2) is 9.78 Å². The third kappa shape index (κ3) is 8.89. The molecule has 4 rings (SSSR count). The number of anilines is 3. The first-order valence-corrected chi connectivity index (χ1v) is 13.8. The molecule has 0 saturated carbocycles. The number of urea groups is 1. The van der Waals surface area contributed by atoms with Crippen LogP contribution in [-0.4, -0.2) is 47.4 Å². The van der Waals surface area contributed by atoms with E-state index < -0.39 is 23.9 Å². The molecule has 3 amide bonds. The molecular weight excluding hydrogens is 562 g/mol. The molecule has 1 heterocycles. The van der Waals surface area contributed by atoms with E-state index >= 15 is 0 Å². The molecule has 1 aromatic heterocycles. The largest absolute Gasteiger partial charge is 0.495 e. The summed E-state index contributed by atoms with van der Waals surface area (Å²) in [6.45, 7) is 1.89. The Hall–Kier alpha value is -5.71. The molecule has 0 saturated heterocycles. The number of Topliss-reactive ketones (excluding diaryl/α,β-unsaturated/α-hetero) is 1. The maximum absolute atomic E-state index is 12.7. The number of ketones is 1. The van der Waals surface area contributed by atoms with Crippen LogP contribution in [0.1, 0.15) is 39.5 Å². The van der Waals surface area contributed by atoms with Gasteiger partial charge < -0.3 is 31.1 Å². The van der Waals surface area contributed by atoms with Gasteiger partial charge in [0.2, 0.25) is 0 Å². The van der Waals surface area contributed by atoms with Gasteiger partial charge in [-0.05, 0) is 60.0 Å². The fourth-order valence-electron chi connectivity index (χ4n) is 4.39. The smallest absolute Gasteiger partial charge is 0.323 e. The van der Waals surface area contributed by atoms with Crippen LogP contribution in [0, 0.1) is 6.92 Å². The molecule has 0 radical (unpaired) electrons. The Balaban J connectivity index is 1.31. The van der Waals surface area contributed by atoms with E-state index in [2.05, 4.69) is 26.3 Å². The second kappa shape index (κ2) is 15.0. The Bertz CT molecular complexity index is 1630. The van der Waals surface area contributed by atoms with Gasteiger partial charge in [0.05, 0.1) is 31.8 Å². The number of carboxylic acid groups (broad SMARTS) is 1. The third-order valence-electron chi connectivity index (χ3n) is 6.68. The van der Waals surface area contributed by atoms with Crippen molar-refractivity contribution in [3.05, 3.63) is 113 Å². The summed E-state index contributed by atoms with van der Waals surface area (Å²) in [7, 11) is 1.48. The predicted octanol–water partition coefficient (Wildman–Crippen LogP) is 5.21. The van der Waals surface area contributed by atoms with Crippen LogP contribution < -0.4 is 26.0 Å². The van der Waals surface area contributed by atoms with Gasteiger partial charge in [-0.2, -0.15) is 0 Å². The number of hydrogen-bond acceptors (Lipinski definition) is 7. The number of benzene rings is 3. The lowest BCUT2D eigenvalue weighted by Gasteiger charge is -2.17. The molecule has 0 bridgehead atoms. The van der Waals surface area contributed by atoms with Crippen LogP contribution in [0.25, 0.3) is 0 Å². The molecule has 0 spiro atoms. The molecule has 5 N–H and O–H groups in total. The van der Waals surface area contributed by atoms with Gasteiger partial charge in [0.1, 0.15) is 11.6 Å². The van der Waals surface area contributed by atoms with Crippen molar-refractivity contribution >= 4 is 40.9 Å². The number of carbonyl (C=O) groups is 4. The van der Waals surface area contributed by atoms with E-state index in [1.807, 2.05) is 31.2 Å². The van der Waals surface area contributed by atoms with Crippen LogP contribution >= 0.6 is 0 Å². The minimum atomic E-state index is -1.07. The van der Waals surface area contributed by atoms with E-state index in [1.165, 1.54) is 13.3 Å². The normalized spacial score (nSPS) is 11.1. The second-order valence-electron chi connectivity index (χ2n) is 9.96. The van der Waals surface area contributed by atoms with Crippen molar-refractivity contribution in [2.45, 2.75) is 25.8 Å². The molecule has 226 valence electrons. The number of aliphatic carboxylic acids is 1. The first-order chi connectivity index (χ1) is 21.2. The molecule has 0 aliphatic rings. The molecule has 11 heteroatoms. The highest BCUT2D eigenvalue weighted by molar-refractivity contribution is 6.01. The molecule has 1 atom stereocenters. The first-order valence-electron chi connectivity index (χ1n) is 13.8. The number of para-hydroxylation sites is 1. The molecule has 0 aliphatic carbocycles. The highest BCUT2D eigenvalue weighted by Crippen LogP contribution is 2.26. The van der Waals surface area contributed by atoms with Crippen LogP contribution in [-0.2, 0) is 16.0 Å². The number of aryl methyl sites for hydroxylation is 1. The topological polar surface area (TPSA) is 159 Å². The number of pyridine rings is 1. The summed E-state index contributed by atoms with van der Waals surface area (Å²) in [6.07, 6.45) is 1.27. The minimum Gasteiger partial charge on any atom is -0.495 e. The van der Waals surface area contributed by atoms with Crippen molar-refractivity contribution in [2.75, 3.05) is 29.6 Å². The molecular formula is C33H33N5O6. The zero-order valence-corrected chi connectivity index (χ0v) is 24.3. The highest BCUT2D eigenvalue weighted by Gasteiger charge is 2.19. The number of aromatic nitrogens is 1. The summed E-state index contributed by atoms with van der Waals surface area (Å²) in [5.41, 5.74) is 3.71. The molecule has 44 heavy (non-hydrogen) atoms. The monoisotopic (exact) mass is 595 g/mol. The molecule has 11 nitrogen and oxygen atoms in total. The van der Waals surface area contributed by atoms with E-state index in [4.69, 9.17) is 4.74 Å². The average Bonchev–Trinajstić information content (AvgIpc) is 3.02. The Morgan fingerprint density at radius 1 is 0.886 bits per heavy atom.